The van der Waals surface area contributed by atoms with Gasteiger partial charge in [0.05, 0.1) is 0 Å². The number of allylic oxidation sites excluding steroid dienone is 2. The minimum absolute atomic E-state index is 0.202. The molecule has 0 fully saturated rings. The van der Waals surface area contributed by atoms with Crippen LogP contribution in [-0.2, 0) is 4.79 Å². The van der Waals surface area contributed by atoms with Crippen LogP contribution in [0.4, 0.5) is 0 Å². The molecule has 1 amide bonds. The minimum atomic E-state index is -0.202. The first-order valence-corrected chi connectivity index (χ1v) is 3.95. The Labute approximate surface area is 68.5 Å². The van der Waals surface area contributed by atoms with Gasteiger partial charge in [-0.05, 0) is 33.6 Å². The summed E-state index contributed by atoms with van der Waals surface area (Å²) in [7, 11) is 0. The summed E-state index contributed by atoms with van der Waals surface area (Å²) in [4.78, 5) is 10.4. The molecule has 0 saturated carbocycles. The van der Waals surface area contributed by atoms with Crippen molar-refractivity contribution in [3.63, 3.8) is 0 Å². The third-order valence-electron chi connectivity index (χ3n) is 1.83. The summed E-state index contributed by atoms with van der Waals surface area (Å²) in [6.45, 7) is 6.26. The second-order valence-corrected chi connectivity index (χ2v) is 3.10. The molecule has 2 nitrogen and oxygen atoms in total. The molecule has 2 N–H and O–H groups in total. The van der Waals surface area contributed by atoms with E-state index >= 15 is 0 Å². The third-order valence-corrected chi connectivity index (χ3v) is 1.83. The zero-order valence-corrected chi connectivity index (χ0v) is 7.61. The summed E-state index contributed by atoms with van der Waals surface area (Å²) in [6.07, 6.45) is 2.38. The van der Waals surface area contributed by atoms with Crippen LogP contribution in [0, 0.1) is 0 Å². The number of hydrogen-bond donors (Lipinski definition) is 1. The molecule has 0 spiro atoms. The van der Waals surface area contributed by atoms with Gasteiger partial charge in [0.15, 0.2) is 0 Å². The zero-order chi connectivity index (χ0) is 8.85. The quantitative estimate of drug-likeness (QED) is 0.620. The average Bonchev–Trinajstić information content (AvgIpc) is 1.86. The number of nitrogens with two attached hydrogens (primary N) is 1. The summed E-state index contributed by atoms with van der Waals surface area (Å²) in [5, 5.41) is 0. The summed E-state index contributed by atoms with van der Waals surface area (Å²) in [5.41, 5.74) is 7.71. The summed E-state index contributed by atoms with van der Waals surface area (Å²) >= 11 is 0. The minimum Gasteiger partial charge on any atom is -0.370 e. The lowest BCUT2D eigenvalue weighted by Crippen LogP contribution is -2.09. The SMILES string of the molecule is CC(C)=C(C)CCCC(N)=O. The molecule has 0 aromatic carbocycles. The van der Waals surface area contributed by atoms with Gasteiger partial charge in [-0.15, -0.1) is 0 Å². The molecule has 11 heavy (non-hydrogen) atoms. The van der Waals surface area contributed by atoms with Gasteiger partial charge in [-0.25, -0.2) is 0 Å². The van der Waals surface area contributed by atoms with Crippen molar-refractivity contribution in [2.24, 2.45) is 5.73 Å². The Bertz CT molecular complexity index is 166. The molecule has 0 aliphatic rings. The lowest BCUT2D eigenvalue weighted by atomic mass is 10.1. The molecule has 0 saturated heterocycles. The lowest BCUT2D eigenvalue weighted by molar-refractivity contribution is -0.118. The van der Waals surface area contributed by atoms with Gasteiger partial charge in [0.1, 0.15) is 0 Å². The molecular formula is C9H17NO. The highest BCUT2D eigenvalue weighted by Gasteiger charge is 1.96. The van der Waals surface area contributed by atoms with Crippen LogP contribution in [0.15, 0.2) is 11.1 Å². The van der Waals surface area contributed by atoms with Gasteiger partial charge in [-0.3, -0.25) is 4.79 Å². The second-order valence-electron chi connectivity index (χ2n) is 3.10. The monoisotopic (exact) mass is 155 g/mol. The van der Waals surface area contributed by atoms with E-state index in [4.69, 9.17) is 5.73 Å². The van der Waals surface area contributed by atoms with Gasteiger partial charge in [0, 0.05) is 6.42 Å². The fraction of sp³-hybridized carbons (Fsp3) is 0.667. The van der Waals surface area contributed by atoms with Crippen molar-refractivity contribution in [2.45, 2.75) is 40.0 Å². The van der Waals surface area contributed by atoms with Crippen LogP contribution in [0.2, 0.25) is 0 Å². The molecule has 0 aromatic heterocycles. The van der Waals surface area contributed by atoms with Crippen molar-refractivity contribution in [3.05, 3.63) is 11.1 Å². The van der Waals surface area contributed by atoms with E-state index in [2.05, 4.69) is 20.8 Å². The Morgan fingerprint density at radius 2 is 1.73 bits per heavy atom. The number of primary amides is 1. The summed E-state index contributed by atoms with van der Waals surface area (Å²) < 4.78 is 0. The number of carbonyl (C=O) groups excluding carboxylic acids is 1. The molecule has 0 aliphatic carbocycles. The van der Waals surface area contributed by atoms with E-state index in [1.165, 1.54) is 11.1 Å². The van der Waals surface area contributed by atoms with Gasteiger partial charge in [-0.2, -0.15) is 0 Å². The molecule has 2 heteroatoms. The second kappa shape index (κ2) is 4.94. The fourth-order valence-electron chi connectivity index (χ4n) is 0.778. The lowest BCUT2D eigenvalue weighted by Gasteiger charge is -2.01. The molecule has 64 valence electrons. The Morgan fingerprint density at radius 3 is 2.09 bits per heavy atom. The van der Waals surface area contributed by atoms with Gasteiger partial charge in [-0.1, -0.05) is 11.1 Å². The Morgan fingerprint density at radius 1 is 1.18 bits per heavy atom. The van der Waals surface area contributed by atoms with E-state index in [1.54, 1.807) is 0 Å². The number of carbonyl (C=O) groups is 1. The van der Waals surface area contributed by atoms with Crippen molar-refractivity contribution < 1.29 is 4.79 Å². The van der Waals surface area contributed by atoms with Crippen molar-refractivity contribution in [3.8, 4) is 0 Å². The van der Waals surface area contributed by atoms with Crippen LogP contribution in [0.1, 0.15) is 40.0 Å². The van der Waals surface area contributed by atoms with Crippen molar-refractivity contribution in [1.82, 2.24) is 0 Å². The summed E-state index contributed by atoms with van der Waals surface area (Å²) in [6, 6.07) is 0. The Hall–Kier alpha value is -0.790. The Balaban J connectivity index is 3.56. The first-order valence-electron chi connectivity index (χ1n) is 3.95. The molecule has 0 unspecified atom stereocenters. The van der Waals surface area contributed by atoms with E-state index in [1.807, 2.05) is 0 Å². The number of amides is 1. The van der Waals surface area contributed by atoms with E-state index in [0.717, 1.165) is 12.8 Å². The van der Waals surface area contributed by atoms with Crippen LogP contribution < -0.4 is 5.73 Å². The fourth-order valence-corrected chi connectivity index (χ4v) is 0.778. The van der Waals surface area contributed by atoms with E-state index in [0.29, 0.717) is 6.42 Å². The largest absolute Gasteiger partial charge is 0.370 e. The first-order chi connectivity index (χ1) is 5.04. The smallest absolute Gasteiger partial charge is 0.217 e. The Kier molecular flexibility index (Phi) is 4.59. The van der Waals surface area contributed by atoms with Crippen LogP contribution >= 0.6 is 0 Å². The molecule has 0 heterocycles. The predicted molar refractivity (Wildman–Crippen MR) is 47.1 cm³/mol. The maximum Gasteiger partial charge on any atom is 0.217 e. The van der Waals surface area contributed by atoms with Crippen LogP contribution in [0.5, 0.6) is 0 Å². The molecule has 0 radical (unpaired) electrons. The van der Waals surface area contributed by atoms with E-state index in [9.17, 15) is 4.79 Å². The van der Waals surface area contributed by atoms with Crippen LogP contribution in [0.25, 0.3) is 0 Å². The zero-order valence-electron chi connectivity index (χ0n) is 7.61. The normalized spacial score (nSPS) is 9.36. The molecule has 0 atom stereocenters. The van der Waals surface area contributed by atoms with Crippen LogP contribution in [0.3, 0.4) is 0 Å². The van der Waals surface area contributed by atoms with Crippen molar-refractivity contribution >= 4 is 5.91 Å². The maximum absolute atomic E-state index is 10.4. The van der Waals surface area contributed by atoms with E-state index < -0.39 is 0 Å². The first kappa shape index (κ1) is 10.2. The highest BCUT2D eigenvalue weighted by molar-refractivity contribution is 5.73. The number of rotatable bonds is 4. The van der Waals surface area contributed by atoms with E-state index in [-0.39, 0.29) is 5.91 Å². The van der Waals surface area contributed by atoms with Crippen molar-refractivity contribution in [1.29, 1.82) is 0 Å². The standard InChI is InChI=1S/C9H17NO/c1-7(2)8(3)5-4-6-9(10)11/h4-6H2,1-3H3,(H2,10,11). The highest BCUT2D eigenvalue weighted by atomic mass is 16.1. The molecule has 0 bridgehead atoms. The average molecular weight is 155 g/mol. The molecular weight excluding hydrogens is 138 g/mol. The van der Waals surface area contributed by atoms with Gasteiger partial charge in [0.25, 0.3) is 0 Å². The predicted octanol–water partition coefficient (Wildman–Crippen LogP) is 2.00. The molecule has 0 aliphatic heterocycles. The summed E-state index contributed by atoms with van der Waals surface area (Å²) in [5.74, 6) is -0.202. The van der Waals surface area contributed by atoms with Gasteiger partial charge >= 0.3 is 0 Å². The van der Waals surface area contributed by atoms with Gasteiger partial charge < -0.3 is 5.73 Å². The molecule has 0 aromatic rings. The van der Waals surface area contributed by atoms with Crippen LogP contribution in [-0.4, -0.2) is 5.91 Å². The highest BCUT2D eigenvalue weighted by Crippen LogP contribution is 2.10. The van der Waals surface area contributed by atoms with Gasteiger partial charge in [0.2, 0.25) is 5.91 Å². The maximum atomic E-state index is 10.4. The molecule has 0 rings (SSSR count). The van der Waals surface area contributed by atoms with Crippen molar-refractivity contribution in [2.75, 3.05) is 0 Å². The topological polar surface area (TPSA) is 43.1 Å². The number of hydrogen-bond acceptors (Lipinski definition) is 1. The third kappa shape index (κ3) is 5.64.